The summed E-state index contributed by atoms with van der Waals surface area (Å²) < 4.78 is 86.9. The lowest BCUT2D eigenvalue weighted by molar-refractivity contribution is -0.685. The molecule has 0 saturated heterocycles. The minimum atomic E-state index is -2.18. The van der Waals surface area contributed by atoms with E-state index < -0.39 is 20.6 Å². The second kappa shape index (κ2) is 30.2. The summed E-state index contributed by atoms with van der Waals surface area (Å²) in [5.74, 6) is 0. The van der Waals surface area contributed by atoms with E-state index in [-0.39, 0.29) is 5.56 Å². The Labute approximate surface area is 600 Å². The lowest BCUT2D eigenvalue weighted by Crippen LogP contribution is -2.41. The van der Waals surface area contributed by atoms with Crippen molar-refractivity contribution >= 4 is 0 Å². The molecule has 0 aliphatic rings. The Morgan fingerprint density at radius 2 is 0.592 bits per heavy atom. The lowest BCUT2D eigenvalue weighted by atomic mass is 9.94. The molecule has 0 spiro atoms. The van der Waals surface area contributed by atoms with Gasteiger partial charge in [0.2, 0.25) is 22.8 Å². The van der Waals surface area contributed by atoms with Crippen molar-refractivity contribution < 1.29 is 48.9 Å². The zero-order chi connectivity index (χ0) is 79.0. The Bertz CT molecular complexity index is 5340. The molecule has 12 aromatic rings. The van der Waals surface area contributed by atoms with Gasteiger partial charge in [0.1, 0.15) is 56.4 Å². The van der Waals surface area contributed by atoms with Gasteiger partial charge in [-0.3, -0.25) is 0 Å². The molecule has 0 saturated carbocycles. The summed E-state index contributed by atoms with van der Waals surface area (Å²) in [4.78, 5) is 0. The third-order valence-corrected chi connectivity index (χ3v) is 19.7. The van der Waals surface area contributed by atoms with E-state index in [1.807, 2.05) is 81.3 Å². The van der Waals surface area contributed by atoms with E-state index in [1.54, 1.807) is 30.5 Å². The predicted octanol–water partition coefficient (Wildman–Crippen LogP) is 16.2. The van der Waals surface area contributed by atoms with Crippen LogP contribution in [-0.2, 0) is 56.4 Å². The van der Waals surface area contributed by atoms with Gasteiger partial charge >= 0.3 is 0 Å². The Kier molecular flexibility index (Phi) is 18.7. The molecule has 0 aliphatic heterocycles. The van der Waals surface area contributed by atoms with Crippen LogP contribution in [0, 0.1) is 124 Å². The molecule has 500 valence electrons. The number of benzene rings is 4. The molecule has 0 N–H and O–H groups in total. The average Bonchev–Trinajstić information content (AvgIpc) is 0.777. The fourth-order valence-electron chi connectivity index (χ4n) is 13.6. The molecule has 8 nitrogen and oxygen atoms in total. The van der Waals surface area contributed by atoms with Gasteiger partial charge in [-0.1, -0.05) is 24.3 Å². The van der Waals surface area contributed by atoms with Gasteiger partial charge in [-0.05, 0) is 263 Å². The van der Waals surface area contributed by atoms with Crippen LogP contribution < -0.4 is 36.5 Å². The van der Waals surface area contributed by atoms with Crippen molar-refractivity contribution in [1.29, 1.82) is 0 Å². The van der Waals surface area contributed by atoms with Crippen LogP contribution in [0.15, 0.2) is 183 Å². The molecule has 8 heteroatoms. The normalized spacial score (nSPS) is 12.7. The number of rotatable bonds is 8. The first-order chi connectivity index (χ1) is 50.0. The van der Waals surface area contributed by atoms with Gasteiger partial charge in [0.05, 0.1) is 0 Å². The van der Waals surface area contributed by atoms with Crippen molar-refractivity contribution in [2.45, 2.75) is 124 Å². The van der Waals surface area contributed by atoms with Crippen LogP contribution >= 0.6 is 0 Å². The maximum atomic E-state index is 7.75. The predicted molar refractivity (Wildman–Crippen MR) is 404 cm³/mol. The molecule has 4 aromatic carbocycles. The van der Waals surface area contributed by atoms with Crippen LogP contribution in [0.1, 0.15) is 112 Å². The van der Waals surface area contributed by atoms with Gasteiger partial charge < -0.3 is 0 Å². The Hall–Kier alpha value is -9.92. The first-order valence-corrected chi connectivity index (χ1v) is 33.8. The zero-order valence-electron chi connectivity index (χ0n) is 71.4. The van der Waals surface area contributed by atoms with Crippen molar-refractivity contribution in [3.63, 3.8) is 0 Å². The van der Waals surface area contributed by atoms with Gasteiger partial charge in [-0.2, -0.15) is 36.5 Å². The van der Waals surface area contributed by atoms with E-state index in [2.05, 4.69) is 268 Å². The maximum Gasteiger partial charge on any atom is 0.280 e. The first kappa shape index (κ1) is 60.5. The highest BCUT2D eigenvalue weighted by atomic mass is 15.0. The number of hydrogen-bond donors (Lipinski definition) is 0. The standard InChI is InChI=1S/2C23H28N2.2C22H26N2/c1-15-11-18(4)20(12-16(15)2)21-9-8-10-22(25(21)7)23-13-17(3)19(5)14-24(23)6;1-15-12-17(3)20(14-16(15)2)22-18(4)13-19(5)23(25(22)7)21-10-8-9-11-24(21)6;1-15-10-11-21(23(5)14-15)22-9-7-8-20(24(22)6)19-13-17(3)16(2)12-18(19)4;1-15-10-11-23(5)22(12-15)21-9-7-8-20(24(21)6)19-14-17(3)16(2)13-18(19)4/h2*8-14H,1-7H3;2*7-14H,1-6H3/q4*+2/i;;2D3;1D3,2D3. The van der Waals surface area contributed by atoms with Gasteiger partial charge in [-0.15, -0.1) is 0 Å². The Morgan fingerprint density at radius 3 is 1.07 bits per heavy atom. The fraction of sp³-hybridized carbons (Fsp3) is 0.289. The Morgan fingerprint density at radius 1 is 0.214 bits per heavy atom. The summed E-state index contributed by atoms with van der Waals surface area (Å²) in [5.41, 5.74) is 36.9. The van der Waals surface area contributed by atoms with Crippen LogP contribution in [0.5, 0.6) is 0 Å². The van der Waals surface area contributed by atoms with Gasteiger partial charge in [-0.25, -0.2) is 0 Å². The number of aryl methyl sites for hydroxylation is 22. The van der Waals surface area contributed by atoms with Crippen molar-refractivity contribution in [1.82, 2.24) is 0 Å². The molecule has 0 unspecified atom stereocenters. The van der Waals surface area contributed by atoms with Crippen LogP contribution in [0.25, 0.3) is 90.6 Å². The highest BCUT2D eigenvalue weighted by Crippen LogP contribution is 2.32. The summed E-state index contributed by atoms with van der Waals surface area (Å²) in [6.07, 6.45) is 8.18. The lowest BCUT2D eigenvalue weighted by Gasteiger charge is -2.13. The monoisotopic (exact) mass is 1310 g/mol. The summed E-state index contributed by atoms with van der Waals surface area (Å²) in [7, 11) is 16.5. The topological polar surface area (TPSA) is 31.0 Å². The molecule has 0 bridgehead atoms. The molecule has 98 heavy (non-hydrogen) atoms. The summed E-state index contributed by atoms with van der Waals surface area (Å²) in [5, 5.41) is 0. The molecule has 8 aromatic heterocycles. The van der Waals surface area contributed by atoms with E-state index >= 15 is 0 Å². The third kappa shape index (κ3) is 15.4. The molecule has 8 heterocycles. The number of aromatic nitrogens is 8. The van der Waals surface area contributed by atoms with Gasteiger partial charge in [0.15, 0.2) is 24.8 Å². The van der Waals surface area contributed by atoms with Gasteiger partial charge in [0.25, 0.3) is 45.6 Å². The Balaban J connectivity index is 0.000000165. The highest BCUT2D eigenvalue weighted by molar-refractivity contribution is 5.70. The number of nitrogens with zero attached hydrogens (tertiary/aromatic N) is 8. The van der Waals surface area contributed by atoms with Gasteiger partial charge in [0, 0.05) is 130 Å². The van der Waals surface area contributed by atoms with E-state index in [9.17, 15) is 0 Å². The molecular weight excluding hydrogens is 1190 g/mol. The zero-order valence-corrected chi connectivity index (χ0v) is 62.4. The molecule has 0 atom stereocenters. The van der Waals surface area contributed by atoms with Crippen molar-refractivity contribution in [2.75, 3.05) is 0 Å². The van der Waals surface area contributed by atoms with E-state index in [4.69, 9.17) is 12.3 Å². The van der Waals surface area contributed by atoms with E-state index in [1.165, 1.54) is 106 Å². The molecule has 0 radical (unpaired) electrons. The molecular formula is C90H108N8+8. The first-order valence-electron chi connectivity index (χ1n) is 38.3. The van der Waals surface area contributed by atoms with Crippen molar-refractivity contribution in [2.24, 2.45) is 56.4 Å². The van der Waals surface area contributed by atoms with Crippen molar-refractivity contribution in [3.05, 3.63) is 283 Å². The third-order valence-electron chi connectivity index (χ3n) is 19.7. The largest absolute Gasteiger partial charge is 0.280 e. The van der Waals surface area contributed by atoms with E-state index in [0.717, 1.165) is 67.5 Å². The SMILES string of the molecule is Cc1cc(C)c(-c2c(C)cc(C)c(-c3cccc[n+]3C)[n+]2C)cc1C.Cc1cc(C)c(-c2cccc(-c3cc(C)c(C)c[n+]3C)[n+]2C)cc1C.[2H]C([2H])([2H])c1cc(C)c(-c2cccc(-c3ccc(C)c[n+]3C)[n+]2C)cc1C.[2H]C([2H])([2H])c1cc[n+](C)c(-c2cccc(-c3cc(C)c(C([2H])([2H])[2H])cc3C)[n+]2C)c1. The average molecular weight is 1310 g/mol. The van der Waals surface area contributed by atoms with Crippen LogP contribution in [-0.4, -0.2) is 0 Å². The fourth-order valence-corrected chi connectivity index (χ4v) is 13.6. The smallest absolute Gasteiger partial charge is 0.196 e. The number of pyridine rings is 8. The van der Waals surface area contributed by atoms with Crippen molar-refractivity contribution in [3.8, 4) is 90.6 Å². The minimum Gasteiger partial charge on any atom is -0.196 e. The minimum absolute atomic E-state index is 0.287. The maximum absolute atomic E-state index is 7.75. The highest BCUT2D eigenvalue weighted by Gasteiger charge is 2.30. The quantitative estimate of drug-likeness (QED) is 0.136. The van der Waals surface area contributed by atoms with Crippen LogP contribution in [0.4, 0.5) is 0 Å². The van der Waals surface area contributed by atoms with Crippen LogP contribution in [0.3, 0.4) is 0 Å². The molecule has 12 rings (SSSR count). The number of hydrogen-bond acceptors (Lipinski definition) is 0. The summed E-state index contributed by atoms with van der Waals surface area (Å²) >= 11 is 0. The summed E-state index contributed by atoms with van der Waals surface area (Å²) in [6, 6.07) is 53.8. The molecule has 0 fully saturated rings. The molecule has 0 aliphatic carbocycles. The van der Waals surface area contributed by atoms with E-state index in [0.29, 0.717) is 11.1 Å². The summed E-state index contributed by atoms with van der Waals surface area (Å²) in [6.45, 7) is 25.1. The second-order valence-electron chi connectivity index (χ2n) is 27.2. The van der Waals surface area contributed by atoms with Crippen LogP contribution in [0.2, 0.25) is 0 Å². The molecule has 0 amide bonds. The second-order valence-corrected chi connectivity index (χ2v) is 27.2.